The number of hydrogen-bond acceptors (Lipinski definition) is 7. The number of carbonyl (C=O) groups is 2. The number of carboxylic acids is 1. The van der Waals surface area contributed by atoms with Crippen LogP contribution in [-0.4, -0.2) is 50.5 Å². The maximum Gasteiger partial charge on any atom is 0.341 e. The second-order valence-electron chi connectivity index (χ2n) is 3.93. The standard InChI is InChI=1S/C7H5Cl2NO2.C6H3Cl2NO2.CH4O.Cl2OS/c1-12-7(11)4-2-3-5(8)10-6(4)9;7-4-2-1-3(6(10)11)5(8)9-4;1-2;1-4(2)3/h2-3H,1H3;1-2H,(H,10,11);2H,1H3;. The fourth-order valence-electron chi connectivity index (χ4n) is 1.25. The maximum atomic E-state index is 11.0. The number of aromatic carboxylic acids is 1. The highest BCUT2D eigenvalue weighted by Gasteiger charge is 2.11. The number of aliphatic hydroxyl groups is 1. The molecule has 2 rings (SSSR count). The Morgan fingerprint density at radius 2 is 1.24 bits per heavy atom. The van der Waals surface area contributed by atoms with Crippen LogP contribution in [0.15, 0.2) is 24.3 Å². The number of rotatable bonds is 2. The van der Waals surface area contributed by atoms with E-state index in [1.54, 1.807) is 0 Å². The van der Waals surface area contributed by atoms with E-state index in [4.69, 9.17) is 60.8 Å². The van der Waals surface area contributed by atoms with Crippen LogP contribution in [-0.2, 0) is 14.0 Å². The molecule has 0 saturated carbocycles. The fraction of sp³-hybridized carbons (Fsp3) is 0.143. The minimum absolute atomic E-state index is 0.0453. The molecule has 0 bridgehead atoms. The maximum absolute atomic E-state index is 11.0. The zero-order chi connectivity index (χ0) is 23.1. The van der Waals surface area contributed by atoms with Crippen LogP contribution in [0.5, 0.6) is 0 Å². The minimum atomic E-state index is -1.67. The topological polar surface area (TPSA) is 127 Å². The number of pyridine rings is 2. The predicted octanol–water partition coefficient (Wildman–Crippen LogP) is 4.91. The molecular weight excluding hydrogens is 537 g/mol. The Kier molecular flexibility index (Phi) is 17.6. The fourth-order valence-corrected chi connectivity index (χ4v) is 2.09. The van der Waals surface area contributed by atoms with Gasteiger partial charge in [0, 0.05) is 28.5 Å². The van der Waals surface area contributed by atoms with E-state index in [-0.39, 0.29) is 31.7 Å². The van der Waals surface area contributed by atoms with Crippen LogP contribution >= 0.6 is 67.8 Å². The molecule has 0 saturated heterocycles. The van der Waals surface area contributed by atoms with Crippen LogP contribution < -0.4 is 0 Å². The molecule has 2 aromatic rings. The van der Waals surface area contributed by atoms with Crippen molar-refractivity contribution in [1.82, 2.24) is 9.97 Å². The molecule has 0 aliphatic heterocycles. The van der Waals surface area contributed by atoms with Crippen molar-refractivity contribution < 1.29 is 28.7 Å². The van der Waals surface area contributed by atoms with Gasteiger partial charge < -0.3 is 14.9 Å². The third-order valence-corrected chi connectivity index (χ3v) is 3.26. The summed E-state index contributed by atoms with van der Waals surface area (Å²) in [5.74, 6) is -1.64. The van der Waals surface area contributed by atoms with Crippen LogP contribution in [0.1, 0.15) is 20.7 Å². The number of halogens is 6. The van der Waals surface area contributed by atoms with Gasteiger partial charge in [-0.1, -0.05) is 46.4 Å². The lowest BCUT2D eigenvalue weighted by Crippen LogP contribution is -2.02. The molecule has 0 radical (unpaired) electrons. The van der Waals surface area contributed by atoms with Gasteiger partial charge in [-0.2, -0.15) is 0 Å². The molecule has 15 heteroatoms. The molecule has 0 aromatic carbocycles. The summed E-state index contributed by atoms with van der Waals surface area (Å²) in [6.07, 6.45) is 0. The lowest BCUT2D eigenvalue weighted by Gasteiger charge is -2.00. The van der Waals surface area contributed by atoms with Crippen LogP contribution in [0.2, 0.25) is 20.6 Å². The third kappa shape index (κ3) is 13.8. The number of carbonyl (C=O) groups excluding carboxylic acids is 1. The molecule has 2 heterocycles. The summed E-state index contributed by atoms with van der Waals surface area (Å²) in [5.41, 5.74) is 0.166. The van der Waals surface area contributed by atoms with Crippen LogP contribution in [0, 0.1) is 0 Å². The number of ether oxygens (including phenoxy) is 1. The van der Waals surface area contributed by atoms with Crippen molar-refractivity contribution in [2.45, 2.75) is 0 Å². The Morgan fingerprint density at radius 3 is 1.52 bits per heavy atom. The first-order chi connectivity index (χ1) is 13.5. The molecule has 2 aromatic heterocycles. The van der Waals surface area contributed by atoms with Gasteiger partial charge in [0.15, 0.2) is 0 Å². The van der Waals surface area contributed by atoms with Gasteiger partial charge in [0.05, 0.1) is 18.2 Å². The Bertz CT molecular complexity index is 838. The van der Waals surface area contributed by atoms with Gasteiger partial charge in [-0.05, 0) is 24.3 Å². The van der Waals surface area contributed by atoms with E-state index in [1.165, 1.54) is 31.4 Å². The van der Waals surface area contributed by atoms with E-state index in [0.29, 0.717) is 0 Å². The monoisotopic (exact) mass is 546 g/mol. The first kappa shape index (κ1) is 30.3. The molecule has 2 N–H and O–H groups in total. The highest BCUT2D eigenvalue weighted by Crippen LogP contribution is 2.17. The van der Waals surface area contributed by atoms with E-state index < -0.39 is 21.2 Å². The van der Waals surface area contributed by atoms with Gasteiger partial charge in [0.1, 0.15) is 20.6 Å². The van der Waals surface area contributed by atoms with E-state index >= 15 is 0 Å². The van der Waals surface area contributed by atoms with Crippen LogP contribution in [0.3, 0.4) is 0 Å². The van der Waals surface area contributed by atoms with Crippen LogP contribution in [0.25, 0.3) is 0 Å². The van der Waals surface area contributed by atoms with Crippen molar-refractivity contribution in [2.24, 2.45) is 0 Å². The number of esters is 1. The van der Waals surface area contributed by atoms with E-state index in [1.807, 2.05) is 0 Å². The normalized spacial score (nSPS) is 9.03. The molecule has 0 fully saturated rings. The molecular formula is C14H12Cl6N2O6S. The molecule has 0 amide bonds. The summed E-state index contributed by atoms with van der Waals surface area (Å²) in [4.78, 5) is 28.5. The Morgan fingerprint density at radius 1 is 0.897 bits per heavy atom. The molecule has 0 unspecified atom stereocenters. The van der Waals surface area contributed by atoms with E-state index in [2.05, 4.69) is 36.1 Å². The zero-order valence-electron chi connectivity index (χ0n) is 14.4. The van der Waals surface area contributed by atoms with Gasteiger partial charge in [-0.25, -0.2) is 23.8 Å². The van der Waals surface area contributed by atoms with Crippen molar-refractivity contribution in [2.75, 3.05) is 14.2 Å². The zero-order valence-corrected chi connectivity index (χ0v) is 19.8. The van der Waals surface area contributed by atoms with Crippen molar-refractivity contribution in [1.29, 1.82) is 0 Å². The molecule has 0 atom stereocenters. The van der Waals surface area contributed by atoms with E-state index in [0.717, 1.165) is 7.11 Å². The first-order valence-corrected chi connectivity index (χ1v) is 11.0. The Balaban J connectivity index is 0. The Hall–Kier alpha value is -0.910. The smallest absolute Gasteiger partial charge is 0.341 e. The summed E-state index contributed by atoms with van der Waals surface area (Å²) >= 11 is 22.0. The molecule has 8 nitrogen and oxygen atoms in total. The Labute approximate surface area is 197 Å². The largest absolute Gasteiger partial charge is 0.478 e. The predicted molar refractivity (Wildman–Crippen MR) is 115 cm³/mol. The van der Waals surface area contributed by atoms with Crippen molar-refractivity contribution in [3.05, 3.63) is 56.0 Å². The van der Waals surface area contributed by atoms with Crippen molar-refractivity contribution in [3.63, 3.8) is 0 Å². The molecule has 0 spiro atoms. The summed E-state index contributed by atoms with van der Waals surface area (Å²) < 4.78 is 13.5. The first-order valence-electron chi connectivity index (χ1n) is 6.64. The summed E-state index contributed by atoms with van der Waals surface area (Å²) in [7, 11) is 9.63. The van der Waals surface area contributed by atoms with Crippen molar-refractivity contribution in [3.8, 4) is 0 Å². The quantitative estimate of drug-likeness (QED) is 0.308. The molecule has 0 aliphatic rings. The summed E-state index contributed by atoms with van der Waals surface area (Å²) in [6.45, 7) is 0. The van der Waals surface area contributed by atoms with Gasteiger partial charge in [0.2, 0.25) is 9.23 Å². The number of carboxylic acid groups (broad SMARTS) is 1. The number of aromatic nitrogens is 2. The average Bonchev–Trinajstić information content (AvgIpc) is 2.62. The van der Waals surface area contributed by atoms with Gasteiger partial charge in [-0.3, -0.25) is 0 Å². The van der Waals surface area contributed by atoms with Crippen molar-refractivity contribution >= 4 is 88.9 Å². The van der Waals surface area contributed by atoms with E-state index in [9.17, 15) is 9.59 Å². The highest BCUT2D eigenvalue weighted by molar-refractivity contribution is 8.26. The lowest BCUT2D eigenvalue weighted by atomic mass is 10.3. The van der Waals surface area contributed by atoms with Gasteiger partial charge in [-0.15, -0.1) is 0 Å². The van der Waals surface area contributed by atoms with Gasteiger partial charge >= 0.3 is 11.9 Å². The third-order valence-electron chi connectivity index (χ3n) is 2.27. The average molecular weight is 549 g/mol. The summed E-state index contributed by atoms with van der Waals surface area (Å²) in [5, 5.41) is 15.9. The number of aliphatic hydroxyl groups excluding tert-OH is 1. The SMILES string of the molecule is CO.COC(=O)c1ccc(Cl)nc1Cl.O=C(O)c1ccc(Cl)nc1Cl.O=S(Cl)Cl. The minimum Gasteiger partial charge on any atom is -0.478 e. The lowest BCUT2D eigenvalue weighted by molar-refractivity contribution is 0.0599. The molecule has 162 valence electrons. The summed E-state index contributed by atoms with van der Waals surface area (Å²) in [6, 6.07) is 5.61. The second kappa shape index (κ2) is 16.8. The second-order valence-corrected chi connectivity index (χ2v) is 7.94. The van der Waals surface area contributed by atoms with Crippen LogP contribution in [0.4, 0.5) is 0 Å². The molecule has 0 aliphatic carbocycles. The highest BCUT2D eigenvalue weighted by atomic mass is 36.0. The number of methoxy groups -OCH3 is 1. The van der Waals surface area contributed by atoms with Gasteiger partial charge in [0.25, 0.3) is 0 Å². The number of nitrogens with zero attached hydrogens (tertiary/aromatic N) is 2. The molecule has 29 heavy (non-hydrogen) atoms. The number of hydrogen-bond donors (Lipinski definition) is 2.